The quantitative estimate of drug-likeness (QED) is 0.0925. The van der Waals surface area contributed by atoms with Gasteiger partial charge in [-0.1, -0.05) is 33.7 Å². The SMILES string of the molecule is C.C=C1NC(=O)NC=C1C1O[C@@]2(CCP(=C)(C)C)CO[C@@H]1[C@@H]2O.C=C1NC(=O)NC=C1C1O[C@H](CCP(=C)(C)C)[C@@H](O)[C@@]1(C)O.C=C1NC(=O)NC=C1C1O[C@H](CCP(=C)(C)C)[C@@H](O)[C@H]1OC.C=C1NC(=O)NC=C1C1O[C@](C)(CCP(=C)(C)C)[C@@H](O)[C@H]1O. The van der Waals surface area contributed by atoms with Crippen molar-refractivity contribution in [1.82, 2.24) is 42.5 Å². The van der Waals surface area contributed by atoms with Gasteiger partial charge in [-0.05, 0) is 117 Å². The third-order valence-corrected chi connectivity index (χ3v) is 22.4. The van der Waals surface area contributed by atoms with Crippen LogP contribution in [0.3, 0.4) is 0 Å². The summed E-state index contributed by atoms with van der Waals surface area (Å²) < 4.78 is 35.3. The first-order chi connectivity index (χ1) is 40.5. The third kappa shape index (κ3) is 19.0. The number of nitrogens with one attached hydrogen (secondary N) is 8. The zero-order valence-corrected chi connectivity index (χ0v) is 56.5. The summed E-state index contributed by atoms with van der Waals surface area (Å²) in [5.41, 5.74) is 1.20. The molecule has 0 radical (unpaired) electrons. The molecule has 16 atom stereocenters. The number of aliphatic hydroxyl groups excluding tert-OH is 5. The number of urea groups is 4. The smallest absolute Gasteiger partial charge is 0.323 e. The number of hydrogen-bond donors (Lipinski definition) is 14. The highest BCUT2D eigenvalue weighted by Crippen LogP contribution is 2.50. The fourth-order valence-corrected chi connectivity index (χ4v) is 15.1. The maximum absolute atomic E-state index is 11.3. The minimum atomic E-state index is -1.45. The normalized spacial score (nSPS) is 35.1. The Hall–Kier alpha value is -4.28. The van der Waals surface area contributed by atoms with Crippen molar-refractivity contribution in [3.05, 3.63) is 96.2 Å². The number of rotatable bonds is 17. The van der Waals surface area contributed by atoms with Crippen molar-refractivity contribution in [3.8, 4) is 0 Å². The van der Waals surface area contributed by atoms with Gasteiger partial charge in [-0.15, -0.1) is 52.7 Å². The first kappa shape index (κ1) is 75.4. The molecule has 5 fully saturated rings. The molecule has 9 rings (SSSR count). The van der Waals surface area contributed by atoms with E-state index in [0.29, 0.717) is 64.5 Å². The first-order valence-electron chi connectivity index (χ1n) is 29.0. The van der Waals surface area contributed by atoms with E-state index in [9.17, 15) is 49.8 Å². The molecule has 5 saturated heterocycles. The van der Waals surface area contributed by atoms with Crippen molar-refractivity contribution < 1.29 is 78.2 Å². The van der Waals surface area contributed by atoms with Gasteiger partial charge in [0, 0.05) is 77.0 Å². The molecule has 0 aromatic heterocycles. The zero-order chi connectivity index (χ0) is 66.0. The standard InChI is InChI=1S/C15H23N2O4P.3C15H25N2O4P.CH4/c1-9-10(7-16-14(19)17-9)11-12-13(18)15(21-11,8-20-12)5-6-22(2,3)4;1-9-10(8-16-14(20)17-9)12-11(18)13(19)15(2,21-12)6-7-22(3,4)5;1-9-10(8-16-14(19)17-9)13-15(2,20)12(18)11(21-13)6-7-22(3,4)5;1-9-10(8-16-15(19)17-9)13-14(20-2)12(18)11(21-13)6-7-22(3,4)5;/h7,11-13,18H,1-2,5-6,8H2,3-4H3,(H2,16,17,19);8,11-13,18-19H,1,3,6-7H2,2,4-5H3,(H2,16,17,20);8,11-13,18,20H,1,3,6-7H2,2,4-5H3,(H2,16,17,19);8,11-14,18H,1,3,6-7H2,2,4-5H3,(H2,16,17,19);1H4/t11?,12-,13-,15-;11-,12?,13-,15+;11-,12-,13?,15-;11-,12-,13?,14-;/m0011./s1. The average molecular weight is 1330 g/mol. The van der Waals surface area contributed by atoms with Gasteiger partial charge in [0.1, 0.15) is 78.3 Å². The van der Waals surface area contributed by atoms with Crippen LogP contribution in [0.5, 0.6) is 0 Å². The van der Waals surface area contributed by atoms with E-state index in [0.717, 1.165) is 37.5 Å². The van der Waals surface area contributed by atoms with Crippen molar-refractivity contribution in [2.75, 3.05) is 91.7 Å². The Kier molecular flexibility index (Phi) is 24.9. The number of carbonyl (C=O) groups excluding carboxylic acids is 4. The van der Waals surface area contributed by atoms with E-state index < -0.39 is 118 Å². The lowest BCUT2D eigenvalue weighted by Crippen LogP contribution is -2.49. The van der Waals surface area contributed by atoms with Crippen molar-refractivity contribution >= 4 is 76.9 Å². The highest BCUT2D eigenvalue weighted by Gasteiger charge is 2.62. The fourth-order valence-electron chi connectivity index (χ4n) is 11.2. The second kappa shape index (κ2) is 29.3. The number of aliphatic hydroxyl groups is 6. The molecule has 24 nitrogen and oxygen atoms in total. The number of amides is 8. The Labute approximate surface area is 526 Å². The number of ether oxygens (including phenoxy) is 6. The molecule has 8 amide bonds. The second-order valence-electron chi connectivity index (χ2n) is 27.0. The Morgan fingerprint density at radius 3 is 1.37 bits per heavy atom. The summed E-state index contributed by atoms with van der Waals surface area (Å²) in [5, 5.41) is 83.4. The molecule has 9 aliphatic heterocycles. The molecule has 2 bridgehead atoms. The molecule has 502 valence electrons. The van der Waals surface area contributed by atoms with Crippen LogP contribution in [-0.4, -0.2) is 268 Å². The summed E-state index contributed by atoms with van der Waals surface area (Å²) in [6.07, 6.45) is 20.6. The summed E-state index contributed by atoms with van der Waals surface area (Å²) in [7, 11) is 1.54. The molecular formula is C61H102N8O16P4. The molecule has 9 heterocycles. The predicted octanol–water partition coefficient (Wildman–Crippen LogP) is 3.62. The van der Waals surface area contributed by atoms with Crippen LogP contribution in [0.1, 0.15) is 47.0 Å². The minimum absolute atomic E-state index is 0. The third-order valence-electron chi connectivity index (χ3n) is 16.6. The maximum atomic E-state index is 11.3. The molecule has 0 aromatic rings. The van der Waals surface area contributed by atoms with Crippen molar-refractivity contribution in [2.45, 2.75) is 143 Å². The van der Waals surface area contributed by atoms with Crippen molar-refractivity contribution in [1.29, 1.82) is 0 Å². The van der Waals surface area contributed by atoms with E-state index in [2.05, 4.69) is 147 Å². The molecule has 0 spiro atoms. The second-order valence-corrected chi connectivity index (χ2v) is 44.3. The van der Waals surface area contributed by atoms with Crippen LogP contribution in [0.4, 0.5) is 19.2 Å². The monoisotopic (exact) mass is 1330 g/mol. The van der Waals surface area contributed by atoms with Crippen LogP contribution in [0.15, 0.2) is 96.2 Å². The van der Waals surface area contributed by atoms with Crippen molar-refractivity contribution in [2.24, 2.45) is 0 Å². The van der Waals surface area contributed by atoms with Gasteiger partial charge in [-0.3, -0.25) is 0 Å². The molecule has 28 heteroatoms. The summed E-state index contributed by atoms with van der Waals surface area (Å²) in [5.74, 6) is 0. The molecule has 0 saturated carbocycles. The zero-order valence-electron chi connectivity index (χ0n) is 52.9. The van der Waals surface area contributed by atoms with E-state index in [1.165, 1.54) is 19.3 Å². The van der Waals surface area contributed by atoms with Crippen molar-refractivity contribution in [3.63, 3.8) is 0 Å². The van der Waals surface area contributed by atoms with Gasteiger partial charge in [0.25, 0.3) is 0 Å². The van der Waals surface area contributed by atoms with Crippen LogP contribution in [-0.2, 0) is 28.4 Å². The van der Waals surface area contributed by atoms with E-state index in [1.54, 1.807) is 26.4 Å². The molecule has 9 aliphatic rings. The van der Waals surface area contributed by atoms with Crippen LogP contribution in [0.2, 0.25) is 0 Å². The number of carbonyl (C=O) groups is 4. The highest BCUT2D eigenvalue weighted by molar-refractivity contribution is 7.73. The van der Waals surface area contributed by atoms with Crippen LogP contribution >= 0.6 is 27.5 Å². The van der Waals surface area contributed by atoms with Crippen LogP contribution in [0.25, 0.3) is 0 Å². The van der Waals surface area contributed by atoms with Gasteiger partial charge in [-0.25, -0.2) is 19.2 Å². The van der Waals surface area contributed by atoms with Gasteiger partial charge < -0.3 is 102 Å². The molecular weight excluding hydrogens is 1220 g/mol. The first-order valence-corrected chi connectivity index (χ1v) is 41.2. The summed E-state index contributed by atoms with van der Waals surface area (Å²) in [6.45, 7) is 31.2. The van der Waals surface area contributed by atoms with Gasteiger partial charge in [0.2, 0.25) is 0 Å². The fraction of sp³-hybridized carbons (Fsp3) is 0.607. The topological polar surface area (TPSA) is 341 Å². The lowest BCUT2D eigenvalue weighted by atomic mass is 9.87. The number of fused-ring (bicyclic) bond motifs is 2. The van der Waals surface area contributed by atoms with Gasteiger partial charge in [0.15, 0.2) is 0 Å². The number of methoxy groups -OCH3 is 1. The lowest BCUT2D eigenvalue weighted by molar-refractivity contribution is -0.132. The Bertz CT molecular complexity index is 2960. The lowest BCUT2D eigenvalue weighted by Gasteiger charge is -2.34. The van der Waals surface area contributed by atoms with Gasteiger partial charge >= 0.3 is 24.1 Å². The molecule has 4 unspecified atom stereocenters. The summed E-state index contributed by atoms with van der Waals surface area (Å²) >= 11 is 0. The van der Waals surface area contributed by atoms with Gasteiger partial charge in [0.05, 0.1) is 24.4 Å². The van der Waals surface area contributed by atoms with Crippen LogP contribution < -0.4 is 42.5 Å². The Morgan fingerprint density at radius 2 is 0.944 bits per heavy atom. The number of hydrogen-bond acceptors (Lipinski definition) is 16. The van der Waals surface area contributed by atoms with E-state index >= 15 is 0 Å². The summed E-state index contributed by atoms with van der Waals surface area (Å²) in [4.78, 5) is 45.0. The average Bonchev–Trinajstić information content (AvgIpc) is 1.60. The Morgan fingerprint density at radius 1 is 0.539 bits per heavy atom. The van der Waals surface area contributed by atoms with Crippen LogP contribution in [0, 0.1) is 0 Å². The Balaban J connectivity index is 0.000000215. The minimum Gasteiger partial charge on any atom is -0.388 e. The van der Waals surface area contributed by atoms with E-state index in [1.807, 2.05) is 0 Å². The molecule has 0 aromatic carbocycles. The molecule has 89 heavy (non-hydrogen) atoms. The molecule has 0 aliphatic carbocycles. The molecule has 14 N–H and O–H groups in total. The largest absolute Gasteiger partial charge is 0.388 e. The van der Waals surface area contributed by atoms with E-state index in [-0.39, 0.29) is 37.7 Å². The highest BCUT2D eigenvalue weighted by atomic mass is 31.2. The summed E-state index contributed by atoms with van der Waals surface area (Å²) in [6, 6.07) is -1.42. The predicted molar refractivity (Wildman–Crippen MR) is 363 cm³/mol. The van der Waals surface area contributed by atoms with Gasteiger partial charge in [-0.2, -0.15) is 0 Å². The maximum Gasteiger partial charge on any atom is 0.323 e. The van der Waals surface area contributed by atoms with E-state index in [4.69, 9.17) is 28.4 Å².